The molecule has 1 aliphatic carbocycles. The van der Waals surface area contributed by atoms with Gasteiger partial charge in [0.2, 0.25) is 0 Å². The van der Waals surface area contributed by atoms with E-state index in [2.05, 4.69) is 17.6 Å². The fraction of sp³-hybridized carbons (Fsp3) is 0.450. The Morgan fingerprint density at radius 1 is 1.23 bits per heavy atom. The van der Waals surface area contributed by atoms with Crippen molar-refractivity contribution < 1.29 is 19.1 Å². The van der Waals surface area contributed by atoms with Crippen LogP contribution in [-0.4, -0.2) is 30.6 Å². The molecule has 0 aliphatic heterocycles. The standard InChI is InChI=1S/C20H26N2O4/c1-14-6-5-8-16(12-14)10-11-19(24)26-13-18(23)22-20(25)21-17-9-4-3-7-15(17)2/h5-6,8,10-12,15,17H,3-4,7,9,13H2,1-2H3,(H2,21,22,23,25)/b11-10+/t15-,17+/m0/s1. The van der Waals surface area contributed by atoms with Crippen LogP contribution in [0.2, 0.25) is 0 Å². The van der Waals surface area contributed by atoms with Crippen molar-refractivity contribution in [3.05, 3.63) is 41.5 Å². The van der Waals surface area contributed by atoms with Gasteiger partial charge >= 0.3 is 12.0 Å². The van der Waals surface area contributed by atoms with Gasteiger partial charge in [-0.2, -0.15) is 0 Å². The summed E-state index contributed by atoms with van der Waals surface area (Å²) in [5.41, 5.74) is 1.95. The summed E-state index contributed by atoms with van der Waals surface area (Å²) in [7, 11) is 0. The van der Waals surface area contributed by atoms with Crippen LogP contribution < -0.4 is 10.6 Å². The van der Waals surface area contributed by atoms with Crippen LogP contribution in [0.1, 0.15) is 43.7 Å². The fourth-order valence-electron chi connectivity index (χ4n) is 3.02. The maximum Gasteiger partial charge on any atom is 0.331 e. The molecule has 140 valence electrons. The van der Waals surface area contributed by atoms with Crippen molar-refractivity contribution >= 4 is 24.0 Å². The van der Waals surface area contributed by atoms with E-state index in [0.29, 0.717) is 5.92 Å². The van der Waals surface area contributed by atoms with Crippen molar-refractivity contribution in [1.29, 1.82) is 0 Å². The quantitative estimate of drug-likeness (QED) is 0.626. The number of amides is 3. The Labute approximate surface area is 154 Å². The van der Waals surface area contributed by atoms with Crippen LogP contribution in [0, 0.1) is 12.8 Å². The lowest BCUT2D eigenvalue weighted by molar-refractivity contribution is -0.143. The third-order valence-corrected chi connectivity index (χ3v) is 4.48. The van der Waals surface area contributed by atoms with Crippen molar-refractivity contribution in [2.45, 2.75) is 45.6 Å². The molecule has 1 aliphatic rings. The van der Waals surface area contributed by atoms with Crippen molar-refractivity contribution in [3.8, 4) is 0 Å². The lowest BCUT2D eigenvalue weighted by Crippen LogP contribution is -2.48. The normalized spacial score (nSPS) is 19.8. The van der Waals surface area contributed by atoms with Crippen molar-refractivity contribution in [3.63, 3.8) is 0 Å². The smallest absolute Gasteiger partial charge is 0.331 e. The topological polar surface area (TPSA) is 84.5 Å². The summed E-state index contributed by atoms with van der Waals surface area (Å²) in [6, 6.07) is 7.17. The predicted octanol–water partition coefficient (Wildman–Crippen LogP) is 2.96. The first-order valence-electron chi connectivity index (χ1n) is 8.96. The Hall–Kier alpha value is -2.63. The lowest BCUT2D eigenvalue weighted by Gasteiger charge is -2.29. The molecule has 1 fully saturated rings. The van der Waals surface area contributed by atoms with Crippen LogP contribution in [0.3, 0.4) is 0 Å². The van der Waals surface area contributed by atoms with Gasteiger partial charge in [-0.15, -0.1) is 0 Å². The Kier molecular flexibility index (Phi) is 7.38. The van der Waals surface area contributed by atoms with E-state index in [0.717, 1.165) is 30.4 Å². The molecule has 0 unspecified atom stereocenters. The molecule has 2 N–H and O–H groups in total. The highest BCUT2D eigenvalue weighted by atomic mass is 16.5. The fourth-order valence-corrected chi connectivity index (χ4v) is 3.02. The predicted molar refractivity (Wildman–Crippen MR) is 99.3 cm³/mol. The van der Waals surface area contributed by atoms with Gasteiger partial charge in [-0.05, 0) is 37.3 Å². The van der Waals surface area contributed by atoms with Crippen LogP contribution in [0.15, 0.2) is 30.3 Å². The Bertz CT molecular complexity index is 684. The number of urea groups is 1. The number of ether oxygens (including phenoxy) is 1. The molecule has 0 bridgehead atoms. The van der Waals surface area contributed by atoms with Crippen molar-refractivity contribution in [2.75, 3.05) is 6.61 Å². The summed E-state index contributed by atoms with van der Waals surface area (Å²) in [5.74, 6) is -0.888. The molecule has 2 atom stereocenters. The van der Waals surface area contributed by atoms with Crippen LogP contribution in [0.25, 0.3) is 6.08 Å². The minimum atomic E-state index is -0.650. The zero-order valence-electron chi connectivity index (χ0n) is 15.3. The number of carbonyl (C=O) groups excluding carboxylic acids is 3. The van der Waals surface area contributed by atoms with Gasteiger partial charge in [0.1, 0.15) is 0 Å². The van der Waals surface area contributed by atoms with E-state index in [1.165, 1.54) is 12.5 Å². The summed E-state index contributed by atoms with van der Waals surface area (Å²) in [4.78, 5) is 35.2. The van der Waals surface area contributed by atoms with Crippen LogP contribution in [-0.2, 0) is 14.3 Å². The molecule has 6 heteroatoms. The number of imide groups is 1. The second kappa shape index (κ2) is 9.75. The number of aryl methyl sites for hydroxylation is 1. The SMILES string of the molecule is Cc1cccc(/C=C/C(=O)OCC(=O)NC(=O)N[C@@H]2CCCC[C@@H]2C)c1. The molecular weight excluding hydrogens is 332 g/mol. The largest absolute Gasteiger partial charge is 0.452 e. The zero-order chi connectivity index (χ0) is 18.9. The third kappa shape index (κ3) is 6.70. The summed E-state index contributed by atoms with van der Waals surface area (Å²) >= 11 is 0. The molecule has 0 radical (unpaired) electrons. The molecule has 0 spiro atoms. The summed E-state index contributed by atoms with van der Waals surface area (Å²) < 4.78 is 4.85. The zero-order valence-corrected chi connectivity index (χ0v) is 15.3. The van der Waals surface area contributed by atoms with Gasteiger partial charge < -0.3 is 10.1 Å². The van der Waals surface area contributed by atoms with E-state index in [-0.39, 0.29) is 6.04 Å². The summed E-state index contributed by atoms with van der Waals surface area (Å²) in [6.45, 7) is 3.55. The van der Waals surface area contributed by atoms with Crippen LogP contribution >= 0.6 is 0 Å². The number of benzene rings is 1. The first kappa shape index (κ1) is 19.7. The van der Waals surface area contributed by atoms with E-state index in [9.17, 15) is 14.4 Å². The maximum atomic E-state index is 11.9. The number of hydrogen-bond acceptors (Lipinski definition) is 4. The molecule has 0 saturated heterocycles. The minimum Gasteiger partial charge on any atom is -0.452 e. The minimum absolute atomic E-state index is 0.0800. The molecule has 26 heavy (non-hydrogen) atoms. The van der Waals surface area contributed by atoms with E-state index in [4.69, 9.17) is 4.74 Å². The second-order valence-electron chi connectivity index (χ2n) is 6.75. The third-order valence-electron chi connectivity index (χ3n) is 4.48. The van der Waals surface area contributed by atoms with Gasteiger partial charge in [0.15, 0.2) is 6.61 Å². The molecule has 0 heterocycles. The monoisotopic (exact) mass is 358 g/mol. The maximum absolute atomic E-state index is 11.9. The number of carbonyl (C=O) groups is 3. The Balaban J connectivity index is 1.70. The molecule has 3 amide bonds. The molecule has 1 aromatic rings. The molecule has 0 aromatic heterocycles. The van der Waals surface area contributed by atoms with Crippen molar-refractivity contribution in [2.24, 2.45) is 5.92 Å². The lowest BCUT2D eigenvalue weighted by atomic mass is 9.86. The molecule has 1 aromatic carbocycles. The van der Waals surface area contributed by atoms with Crippen LogP contribution in [0.5, 0.6) is 0 Å². The highest BCUT2D eigenvalue weighted by Crippen LogP contribution is 2.23. The van der Waals surface area contributed by atoms with Gasteiger partial charge in [-0.3, -0.25) is 10.1 Å². The average Bonchev–Trinajstić information content (AvgIpc) is 2.60. The second-order valence-corrected chi connectivity index (χ2v) is 6.75. The van der Waals surface area contributed by atoms with E-state index in [1.54, 1.807) is 6.08 Å². The van der Waals surface area contributed by atoms with Gasteiger partial charge in [0.05, 0.1) is 0 Å². The van der Waals surface area contributed by atoms with E-state index in [1.807, 2.05) is 31.2 Å². The Morgan fingerprint density at radius 2 is 2.00 bits per heavy atom. The summed E-state index contributed by atoms with van der Waals surface area (Å²) in [6.07, 6.45) is 7.11. The summed E-state index contributed by atoms with van der Waals surface area (Å²) in [5, 5.41) is 5.01. The number of hydrogen-bond donors (Lipinski definition) is 2. The molecular formula is C20H26N2O4. The van der Waals surface area contributed by atoms with E-state index >= 15 is 0 Å². The van der Waals surface area contributed by atoms with Gasteiger partial charge in [-0.1, -0.05) is 49.6 Å². The molecule has 6 nitrogen and oxygen atoms in total. The first-order chi connectivity index (χ1) is 12.4. The number of esters is 1. The first-order valence-corrected chi connectivity index (χ1v) is 8.96. The molecule has 2 rings (SSSR count). The van der Waals surface area contributed by atoms with Crippen molar-refractivity contribution in [1.82, 2.24) is 10.6 Å². The number of rotatable bonds is 5. The average molecular weight is 358 g/mol. The van der Waals surface area contributed by atoms with Gasteiger partial charge in [0.25, 0.3) is 5.91 Å². The highest BCUT2D eigenvalue weighted by Gasteiger charge is 2.23. The Morgan fingerprint density at radius 3 is 2.73 bits per heavy atom. The van der Waals surface area contributed by atoms with Crippen LogP contribution in [0.4, 0.5) is 4.79 Å². The number of nitrogens with one attached hydrogen (secondary N) is 2. The van der Waals surface area contributed by atoms with Gasteiger partial charge in [-0.25, -0.2) is 9.59 Å². The van der Waals surface area contributed by atoms with Gasteiger partial charge in [0, 0.05) is 12.1 Å². The highest BCUT2D eigenvalue weighted by molar-refractivity contribution is 5.96. The van der Waals surface area contributed by atoms with E-state index < -0.39 is 24.5 Å². The molecule has 1 saturated carbocycles.